The van der Waals surface area contributed by atoms with E-state index in [-0.39, 0.29) is 5.91 Å². The van der Waals surface area contributed by atoms with Crippen LogP contribution in [0.4, 0.5) is 5.69 Å². The number of nitrogens with zero attached hydrogens (tertiary/aromatic N) is 2. The van der Waals surface area contributed by atoms with Gasteiger partial charge in [0.2, 0.25) is 0 Å². The fourth-order valence-electron chi connectivity index (χ4n) is 2.59. The number of hydrogen-bond donors (Lipinski definition) is 1. The SMILES string of the molecule is CCOC(=O)c1cnn2ccc(NC(=O)C3CCCCO3)cc12. The molecule has 1 atom stereocenters. The molecule has 3 rings (SSSR count). The molecule has 1 amide bonds. The number of carbonyl (C=O) groups excluding carboxylic acids is 2. The molecule has 2 aromatic heterocycles. The summed E-state index contributed by atoms with van der Waals surface area (Å²) in [4.78, 5) is 24.1. The number of amides is 1. The second-order valence-electron chi connectivity index (χ2n) is 5.37. The maximum absolute atomic E-state index is 12.2. The minimum Gasteiger partial charge on any atom is -0.462 e. The Bertz CT molecular complexity index is 719. The summed E-state index contributed by atoms with van der Waals surface area (Å²) in [7, 11) is 0. The van der Waals surface area contributed by atoms with E-state index in [1.165, 1.54) is 6.20 Å². The van der Waals surface area contributed by atoms with Crippen LogP contribution < -0.4 is 5.32 Å². The van der Waals surface area contributed by atoms with Crippen molar-refractivity contribution in [3.05, 3.63) is 30.1 Å². The molecule has 0 radical (unpaired) electrons. The van der Waals surface area contributed by atoms with Gasteiger partial charge in [-0.25, -0.2) is 9.31 Å². The highest BCUT2D eigenvalue weighted by atomic mass is 16.5. The van der Waals surface area contributed by atoms with Crippen molar-refractivity contribution in [3.8, 4) is 0 Å². The van der Waals surface area contributed by atoms with E-state index in [9.17, 15) is 9.59 Å². The Morgan fingerprint density at radius 1 is 1.48 bits per heavy atom. The summed E-state index contributed by atoms with van der Waals surface area (Å²) in [5, 5.41) is 6.95. The summed E-state index contributed by atoms with van der Waals surface area (Å²) >= 11 is 0. The zero-order chi connectivity index (χ0) is 16.2. The number of ether oxygens (including phenoxy) is 2. The number of anilines is 1. The monoisotopic (exact) mass is 317 g/mol. The Hall–Kier alpha value is -2.41. The molecule has 0 spiro atoms. The van der Waals surface area contributed by atoms with E-state index in [0.29, 0.717) is 30.0 Å². The van der Waals surface area contributed by atoms with E-state index < -0.39 is 12.1 Å². The van der Waals surface area contributed by atoms with Gasteiger partial charge in [0.1, 0.15) is 11.7 Å². The lowest BCUT2D eigenvalue weighted by Gasteiger charge is -2.21. The van der Waals surface area contributed by atoms with Crippen molar-refractivity contribution in [1.29, 1.82) is 0 Å². The van der Waals surface area contributed by atoms with Crippen molar-refractivity contribution in [2.75, 3.05) is 18.5 Å². The van der Waals surface area contributed by atoms with Crippen molar-refractivity contribution >= 4 is 23.1 Å². The van der Waals surface area contributed by atoms with Crippen molar-refractivity contribution < 1.29 is 19.1 Å². The van der Waals surface area contributed by atoms with Crippen LogP contribution in [0.2, 0.25) is 0 Å². The van der Waals surface area contributed by atoms with E-state index in [1.54, 1.807) is 29.8 Å². The summed E-state index contributed by atoms with van der Waals surface area (Å²) in [5.74, 6) is -0.590. The minimum absolute atomic E-state index is 0.161. The molecule has 1 N–H and O–H groups in total. The number of pyridine rings is 1. The maximum atomic E-state index is 12.2. The number of esters is 1. The number of fused-ring (bicyclic) bond motifs is 1. The number of aromatic nitrogens is 2. The molecular formula is C16H19N3O4. The van der Waals surface area contributed by atoms with Gasteiger partial charge in [0, 0.05) is 18.5 Å². The first-order valence-electron chi connectivity index (χ1n) is 7.76. The van der Waals surface area contributed by atoms with E-state index in [1.807, 2.05) is 0 Å². The zero-order valence-electron chi connectivity index (χ0n) is 12.9. The summed E-state index contributed by atoms with van der Waals surface area (Å²) in [6.07, 6.45) is 5.46. The highest BCUT2D eigenvalue weighted by Gasteiger charge is 2.22. The molecule has 7 heteroatoms. The van der Waals surface area contributed by atoms with E-state index in [0.717, 1.165) is 19.3 Å². The van der Waals surface area contributed by atoms with Crippen LogP contribution in [0.1, 0.15) is 36.5 Å². The Morgan fingerprint density at radius 3 is 3.09 bits per heavy atom. The van der Waals surface area contributed by atoms with E-state index in [4.69, 9.17) is 9.47 Å². The number of hydrogen-bond acceptors (Lipinski definition) is 5. The molecule has 1 aliphatic rings. The smallest absolute Gasteiger partial charge is 0.341 e. The van der Waals surface area contributed by atoms with Crippen LogP contribution in [-0.2, 0) is 14.3 Å². The van der Waals surface area contributed by atoms with Crippen LogP contribution >= 0.6 is 0 Å². The summed E-state index contributed by atoms with van der Waals surface area (Å²) < 4.78 is 12.1. The molecule has 122 valence electrons. The average molecular weight is 317 g/mol. The van der Waals surface area contributed by atoms with Crippen molar-refractivity contribution in [2.45, 2.75) is 32.3 Å². The molecule has 1 aliphatic heterocycles. The standard InChI is InChI=1S/C16H19N3O4/c1-2-22-16(21)12-10-17-19-7-6-11(9-13(12)19)18-15(20)14-5-3-4-8-23-14/h6-7,9-10,14H,2-5,8H2,1H3,(H,18,20). The fraction of sp³-hybridized carbons (Fsp3) is 0.438. The molecule has 1 fully saturated rings. The third-order valence-corrected chi connectivity index (χ3v) is 3.76. The highest BCUT2D eigenvalue weighted by molar-refractivity contribution is 5.99. The maximum Gasteiger partial charge on any atom is 0.341 e. The molecule has 0 aliphatic carbocycles. The summed E-state index contributed by atoms with van der Waals surface area (Å²) in [5.41, 5.74) is 1.56. The quantitative estimate of drug-likeness (QED) is 0.872. The van der Waals surface area contributed by atoms with Crippen molar-refractivity contribution in [2.24, 2.45) is 0 Å². The normalized spacial score (nSPS) is 17.9. The summed E-state index contributed by atoms with van der Waals surface area (Å²) in [6.45, 7) is 2.66. The van der Waals surface area contributed by atoms with Gasteiger partial charge in [0.05, 0.1) is 18.3 Å². The topological polar surface area (TPSA) is 81.9 Å². The van der Waals surface area contributed by atoms with Gasteiger partial charge in [-0.05, 0) is 38.3 Å². The Kier molecular flexibility index (Phi) is 4.57. The average Bonchev–Trinajstić information content (AvgIpc) is 2.99. The predicted octanol–water partition coefficient (Wildman–Crippen LogP) is 2.02. The lowest BCUT2D eigenvalue weighted by Crippen LogP contribution is -2.33. The van der Waals surface area contributed by atoms with Gasteiger partial charge >= 0.3 is 5.97 Å². The fourth-order valence-corrected chi connectivity index (χ4v) is 2.59. The molecule has 1 saturated heterocycles. The van der Waals surface area contributed by atoms with Crippen LogP contribution in [0, 0.1) is 0 Å². The largest absolute Gasteiger partial charge is 0.462 e. The third-order valence-electron chi connectivity index (χ3n) is 3.76. The van der Waals surface area contributed by atoms with Gasteiger partial charge in [0.25, 0.3) is 5.91 Å². The van der Waals surface area contributed by atoms with Crippen molar-refractivity contribution in [1.82, 2.24) is 9.61 Å². The van der Waals surface area contributed by atoms with Gasteiger partial charge in [-0.3, -0.25) is 4.79 Å². The lowest BCUT2D eigenvalue weighted by molar-refractivity contribution is -0.129. The lowest BCUT2D eigenvalue weighted by atomic mass is 10.1. The van der Waals surface area contributed by atoms with Gasteiger partial charge in [-0.2, -0.15) is 5.10 Å². The molecule has 2 aromatic rings. The molecule has 1 unspecified atom stereocenters. The van der Waals surface area contributed by atoms with Crippen LogP contribution in [0.3, 0.4) is 0 Å². The highest BCUT2D eigenvalue weighted by Crippen LogP contribution is 2.19. The molecule has 3 heterocycles. The first-order chi connectivity index (χ1) is 11.2. The second-order valence-corrected chi connectivity index (χ2v) is 5.37. The Morgan fingerprint density at radius 2 is 2.35 bits per heavy atom. The molecular weight excluding hydrogens is 298 g/mol. The van der Waals surface area contributed by atoms with Gasteiger partial charge in [0.15, 0.2) is 0 Å². The molecule has 0 bridgehead atoms. The van der Waals surface area contributed by atoms with Crippen LogP contribution in [0.5, 0.6) is 0 Å². The van der Waals surface area contributed by atoms with Crippen LogP contribution in [-0.4, -0.2) is 40.8 Å². The zero-order valence-corrected chi connectivity index (χ0v) is 12.9. The van der Waals surface area contributed by atoms with Crippen LogP contribution in [0.25, 0.3) is 5.52 Å². The number of rotatable bonds is 4. The molecule has 23 heavy (non-hydrogen) atoms. The first kappa shape index (κ1) is 15.5. The Balaban J connectivity index is 1.80. The first-order valence-corrected chi connectivity index (χ1v) is 7.76. The van der Waals surface area contributed by atoms with Gasteiger partial charge in [-0.15, -0.1) is 0 Å². The molecule has 0 saturated carbocycles. The number of carbonyl (C=O) groups is 2. The van der Waals surface area contributed by atoms with Crippen LogP contribution in [0.15, 0.2) is 24.5 Å². The summed E-state index contributed by atoms with van der Waals surface area (Å²) in [6, 6.07) is 3.44. The molecule has 0 aromatic carbocycles. The van der Waals surface area contributed by atoms with Crippen molar-refractivity contribution in [3.63, 3.8) is 0 Å². The Labute approximate surface area is 133 Å². The third kappa shape index (κ3) is 3.34. The van der Waals surface area contributed by atoms with E-state index in [2.05, 4.69) is 10.4 Å². The minimum atomic E-state index is -0.429. The second kappa shape index (κ2) is 6.78. The molecule has 7 nitrogen and oxygen atoms in total. The van der Waals surface area contributed by atoms with Gasteiger partial charge in [-0.1, -0.05) is 0 Å². The predicted molar refractivity (Wildman–Crippen MR) is 83.4 cm³/mol. The number of nitrogens with one attached hydrogen (secondary N) is 1. The van der Waals surface area contributed by atoms with E-state index >= 15 is 0 Å². The van der Waals surface area contributed by atoms with Gasteiger partial charge < -0.3 is 14.8 Å².